The largest absolute Gasteiger partial charge is 0.370 e. The number of carbonyl (C=O) groups is 1. The van der Waals surface area contributed by atoms with Crippen molar-refractivity contribution in [2.45, 2.75) is 12.8 Å². The number of para-hydroxylation sites is 1. The van der Waals surface area contributed by atoms with E-state index < -0.39 is 0 Å². The summed E-state index contributed by atoms with van der Waals surface area (Å²) in [5, 5.41) is 3.77. The van der Waals surface area contributed by atoms with Crippen LogP contribution in [0.4, 0.5) is 11.4 Å². The summed E-state index contributed by atoms with van der Waals surface area (Å²) in [6, 6.07) is 13.4. The number of hydrogen-bond donors (Lipinski definition) is 1. The summed E-state index contributed by atoms with van der Waals surface area (Å²) in [4.78, 5) is 14.3. The van der Waals surface area contributed by atoms with Crippen LogP contribution in [0.25, 0.3) is 0 Å². The number of hydrogen-bond acceptors (Lipinski definition) is 2. The Labute approximate surface area is 139 Å². The van der Waals surface area contributed by atoms with Gasteiger partial charge in [0.2, 0.25) is 5.91 Å². The molecule has 0 spiro atoms. The summed E-state index contributed by atoms with van der Waals surface area (Å²) >= 11 is 11.8. The Morgan fingerprint density at radius 1 is 1.14 bits per heavy atom. The molecular weight excluding hydrogens is 319 g/mol. The van der Waals surface area contributed by atoms with Crippen LogP contribution in [-0.2, 0) is 11.2 Å². The summed E-state index contributed by atoms with van der Waals surface area (Å²) in [5.41, 5.74) is 3.26. The second kappa shape index (κ2) is 6.59. The van der Waals surface area contributed by atoms with Gasteiger partial charge >= 0.3 is 0 Å². The van der Waals surface area contributed by atoms with E-state index in [2.05, 4.69) is 28.4 Å². The molecule has 0 fully saturated rings. The maximum absolute atomic E-state index is 12.1. The van der Waals surface area contributed by atoms with Crippen LogP contribution in [0.2, 0.25) is 10.0 Å². The van der Waals surface area contributed by atoms with E-state index >= 15 is 0 Å². The molecule has 0 aromatic heterocycles. The fourth-order valence-electron chi connectivity index (χ4n) is 2.67. The molecule has 0 aliphatic carbocycles. The Hall–Kier alpha value is -1.71. The maximum atomic E-state index is 12.1. The average Bonchev–Trinajstić information content (AvgIpc) is 2.92. The van der Waals surface area contributed by atoms with Crippen molar-refractivity contribution in [2.24, 2.45) is 0 Å². The number of halogens is 2. The second-order valence-electron chi connectivity index (χ2n) is 5.29. The molecule has 1 aliphatic heterocycles. The van der Waals surface area contributed by atoms with E-state index in [0.717, 1.165) is 13.0 Å². The standard InChI is InChI=1S/C17H16Cl2N2O/c18-14-6-5-13(11-15(14)19)20-17(22)8-10-21-9-7-12-3-1-2-4-16(12)21/h1-6,11H,7-10H2,(H,20,22). The maximum Gasteiger partial charge on any atom is 0.226 e. The Morgan fingerprint density at radius 3 is 2.77 bits per heavy atom. The van der Waals surface area contributed by atoms with Gasteiger partial charge in [-0.3, -0.25) is 4.79 Å². The zero-order valence-electron chi connectivity index (χ0n) is 12.0. The number of nitrogens with one attached hydrogen (secondary N) is 1. The molecule has 0 saturated heterocycles. The Morgan fingerprint density at radius 2 is 1.95 bits per heavy atom. The van der Waals surface area contributed by atoms with Gasteiger partial charge in [-0.1, -0.05) is 41.4 Å². The van der Waals surface area contributed by atoms with Crippen molar-refractivity contribution in [2.75, 3.05) is 23.3 Å². The van der Waals surface area contributed by atoms with Crippen LogP contribution in [0.1, 0.15) is 12.0 Å². The molecule has 2 aromatic rings. The third kappa shape index (κ3) is 3.37. The average molecular weight is 335 g/mol. The molecule has 2 aromatic carbocycles. The predicted molar refractivity (Wildman–Crippen MR) is 92.1 cm³/mol. The molecule has 1 aliphatic rings. The van der Waals surface area contributed by atoms with Crippen LogP contribution in [0.5, 0.6) is 0 Å². The molecular formula is C17H16Cl2N2O. The first-order valence-corrected chi connectivity index (χ1v) is 7.97. The van der Waals surface area contributed by atoms with Crippen LogP contribution >= 0.6 is 23.2 Å². The zero-order chi connectivity index (χ0) is 15.5. The molecule has 0 saturated carbocycles. The van der Waals surface area contributed by atoms with E-state index in [0.29, 0.717) is 28.7 Å². The van der Waals surface area contributed by atoms with Gasteiger partial charge < -0.3 is 10.2 Å². The molecule has 0 unspecified atom stereocenters. The number of anilines is 2. The van der Waals surface area contributed by atoms with Crippen molar-refractivity contribution in [1.29, 1.82) is 0 Å². The van der Waals surface area contributed by atoms with Crippen molar-refractivity contribution in [3.63, 3.8) is 0 Å². The lowest BCUT2D eigenvalue weighted by Crippen LogP contribution is -2.26. The lowest BCUT2D eigenvalue weighted by molar-refractivity contribution is -0.116. The number of rotatable bonds is 4. The number of benzene rings is 2. The quantitative estimate of drug-likeness (QED) is 0.899. The van der Waals surface area contributed by atoms with Gasteiger partial charge in [0.25, 0.3) is 0 Å². The highest BCUT2D eigenvalue weighted by Crippen LogP contribution is 2.28. The Balaban J connectivity index is 1.56. The third-order valence-electron chi connectivity index (χ3n) is 3.80. The summed E-state index contributed by atoms with van der Waals surface area (Å²) in [5.74, 6) is -0.0252. The topological polar surface area (TPSA) is 32.3 Å². The highest BCUT2D eigenvalue weighted by Gasteiger charge is 2.18. The highest BCUT2D eigenvalue weighted by molar-refractivity contribution is 6.42. The van der Waals surface area contributed by atoms with Crippen LogP contribution in [-0.4, -0.2) is 19.0 Å². The van der Waals surface area contributed by atoms with E-state index in [9.17, 15) is 4.79 Å². The van der Waals surface area contributed by atoms with Crippen molar-refractivity contribution in [1.82, 2.24) is 0 Å². The fourth-order valence-corrected chi connectivity index (χ4v) is 2.97. The van der Waals surface area contributed by atoms with Crippen molar-refractivity contribution in [3.05, 3.63) is 58.1 Å². The molecule has 3 rings (SSSR count). The van der Waals surface area contributed by atoms with Crippen molar-refractivity contribution < 1.29 is 4.79 Å². The molecule has 0 bridgehead atoms. The summed E-state index contributed by atoms with van der Waals surface area (Å²) in [6.07, 6.45) is 1.49. The second-order valence-corrected chi connectivity index (χ2v) is 6.11. The minimum absolute atomic E-state index is 0.0252. The minimum atomic E-state index is -0.0252. The van der Waals surface area contributed by atoms with Crippen molar-refractivity contribution >= 4 is 40.5 Å². The monoisotopic (exact) mass is 334 g/mol. The van der Waals surface area contributed by atoms with E-state index in [1.54, 1.807) is 18.2 Å². The predicted octanol–water partition coefficient (Wildman–Crippen LogP) is 4.38. The molecule has 5 heteroatoms. The van der Waals surface area contributed by atoms with E-state index in [1.165, 1.54) is 11.3 Å². The van der Waals surface area contributed by atoms with Gasteiger partial charge in [-0.2, -0.15) is 0 Å². The first-order chi connectivity index (χ1) is 10.6. The van der Waals surface area contributed by atoms with Gasteiger partial charge in [0.15, 0.2) is 0 Å². The number of amides is 1. The first-order valence-electron chi connectivity index (χ1n) is 7.21. The van der Waals surface area contributed by atoms with E-state index in [-0.39, 0.29) is 5.91 Å². The molecule has 0 atom stereocenters. The molecule has 0 radical (unpaired) electrons. The van der Waals surface area contributed by atoms with Gasteiger partial charge in [-0.05, 0) is 36.2 Å². The molecule has 1 amide bonds. The van der Waals surface area contributed by atoms with Crippen LogP contribution in [0, 0.1) is 0 Å². The van der Waals surface area contributed by atoms with Gasteiger partial charge in [0.1, 0.15) is 0 Å². The Kier molecular flexibility index (Phi) is 4.55. The van der Waals surface area contributed by atoms with Crippen LogP contribution < -0.4 is 10.2 Å². The molecule has 1 heterocycles. The van der Waals surface area contributed by atoms with Gasteiger partial charge in [-0.25, -0.2) is 0 Å². The summed E-state index contributed by atoms with van der Waals surface area (Å²) in [6.45, 7) is 1.68. The fraction of sp³-hybridized carbons (Fsp3) is 0.235. The molecule has 3 nitrogen and oxygen atoms in total. The summed E-state index contributed by atoms with van der Waals surface area (Å²) in [7, 11) is 0. The van der Waals surface area contributed by atoms with Crippen LogP contribution in [0.3, 0.4) is 0 Å². The van der Waals surface area contributed by atoms with E-state index in [4.69, 9.17) is 23.2 Å². The smallest absolute Gasteiger partial charge is 0.226 e. The lowest BCUT2D eigenvalue weighted by Gasteiger charge is -2.19. The van der Waals surface area contributed by atoms with E-state index in [1.807, 2.05) is 6.07 Å². The van der Waals surface area contributed by atoms with Crippen molar-refractivity contribution in [3.8, 4) is 0 Å². The number of fused-ring (bicyclic) bond motifs is 1. The Bertz CT molecular complexity index is 703. The normalized spacial score (nSPS) is 13.1. The minimum Gasteiger partial charge on any atom is -0.370 e. The molecule has 22 heavy (non-hydrogen) atoms. The lowest BCUT2D eigenvalue weighted by atomic mass is 10.2. The molecule has 1 N–H and O–H groups in total. The van der Waals surface area contributed by atoms with Crippen LogP contribution in [0.15, 0.2) is 42.5 Å². The SMILES string of the molecule is O=C(CCN1CCc2ccccc21)Nc1ccc(Cl)c(Cl)c1. The zero-order valence-corrected chi connectivity index (χ0v) is 13.5. The van der Waals surface area contributed by atoms with Gasteiger partial charge in [0, 0.05) is 30.9 Å². The first kappa shape index (κ1) is 15.2. The number of carbonyl (C=O) groups excluding carboxylic acids is 1. The van der Waals surface area contributed by atoms with Gasteiger partial charge in [-0.15, -0.1) is 0 Å². The van der Waals surface area contributed by atoms with Gasteiger partial charge in [0.05, 0.1) is 10.0 Å². The number of nitrogens with zero attached hydrogens (tertiary/aromatic N) is 1. The third-order valence-corrected chi connectivity index (χ3v) is 4.53. The molecule has 114 valence electrons. The summed E-state index contributed by atoms with van der Waals surface area (Å²) < 4.78 is 0. The highest BCUT2D eigenvalue weighted by atomic mass is 35.5.